The number of carboxylic acids is 1. The summed E-state index contributed by atoms with van der Waals surface area (Å²) in [4.78, 5) is 51.4. The number of hydrogen-bond acceptors (Lipinski definition) is 5. The number of aliphatic carboxylic acids is 1. The Balaban J connectivity index is 1.85. The lowest BCUT2D eigenvalue weighted by Gasteiger charge is -2.24. The molecule has 1 unspecified atom stereocenters. The fourth-order valence-corrected chi connectivity index (χ4v) is 4.92. The van der Waals surface area contributed by atoms with Gasteiger partial charge in [-0.3, -0.25) is 19.2 Å². The number of ketones is 1. The van der Waals surface area contributed by atoms with Crippen molar-refractivity contribution in [3.63, 3.8) is 0 Å². The quantitative estimate of drug-likeness (QED) is 0.177. The maximum Gasteiger partial charge on any atom is 0.305 e. The SMILES string of the molecule is CC(C)Cc1c(C(=O)N[C@@H](CC(C)C)C(=O)NC(CC(=O)O)C(=O)COc2c(F)c(F)cc(F)c2F)n(C)c2ccccc12. The number of Topliss-reactive ketones (excluding diaryl/α,β-unsaturated/α-hetero) is 1. The van der Waals surface area contributed by atoms with E-state index in [2.05, 4.69) is 15.4 Å². The number of carbonyl (C=O) groups is 4. The van der Waals surface area contributed by atoms with Crippen LogP contribution in [-0.2, 0) is 27.9 Å². The van der Waals surface area contributed by atoms with Gasteiger partial charge in [-0.15, -0.1) is 0 Å². The molecule has 238 valence electrons. The molecule has 3 aromatic rings. The highest BCUT2D eigenvalue weighted by Gasteiger charge is 2.32. The van der Waals surface area contributed by atoms with Gasteiger partial charge in [-0.05, 0) is 36.3 Å². The minimum atomic E-state index is -1.89. The van der Waals surface area contributed by atoms with E-state index >= 15 is 0 Å². The number of halogens is 4. The highest BCUT2D eigenvalue weighted by atomic mass is 19.2. The van der Waals surface area contributed by atoms with Gasteiger partial charge in [0, 0.05) is 24.0 Å². The van der Waals surface area contributed by atoms with Crippen LogP contribution in [0.2, 0.25) is 0 Å². The molecule has 0 aliphatic heterocycles. The lowest BCUT2D eigenvalue weighted by molar-refractivity contribution is -0.140. The second-order valence-corrected chi connectivity index (χ2v) is 11.4. The van der Waals surface area contributed by atoms with Crippen molar-refractivity contribution >= 4 is 34.5 Å². The Bertz CT molecular complexity index is 1540. The standard InChI is InChI=1S/C31H35F4N3O6/c1-15(2)10-18-17-8-6-7-9-23(17)38(5)28(18)31(43)37-22(11-16(3)4)30(42)36-21(13-25(40)41)24(39)14-44-29-26(34)19(32)12-20(33)27(29)35/h6-9,12,15-16,21-22H,10-11,13-14H2,1-5H3,(H,36,42)(H,37,43)(H,40,41)/t21?,22-/m0/s1. The summed E-state index contributed by atoms with van der Waals surface area (Å²) >= 11 is 0. The smallest absolute Gasteiger partial charge is 0.305 e. The molecule has 1 heterocycles. The number of ether oxygens (including phenoxy) is 1. The second-order valence-electron chi connectivity index (χ2n) is 11.4. The summed E-state index contributed by atoms with van der Waals surface area (Å²) in [5.74, 6) is -12.8. The van der Waals surface area contributed by atoms with Crippen LogP contribution in [0.1, 0.15) is 56.6 Å². The number of carbonyl (C=O) groups excluding carboxylic acids is 3. The molecule has 0 aliphatic carbocycles. The Kier molecular flexibility index (Phi) is 11.1. The van der Waals surface area contributed by atoms with Crippen LogP contribution in [-0.4, -0.2) is 51.9 Å². The molecular weight excluding hydrogens is 586 g/mol. The van der Waals surface area contributed by atoms with Crippen molar-refractivity contribution in [3.05, 3.63) is 64.9 Å². The molecule has 3 N–H and O–H groups in total. The van der Waals surface area contributed by atoms with Gasteiger partial charge in [-0.2, -0.15) is 8.78 Å². The number of hydrogen-bond donors (Lipinski definition) is 3. The predicted molar refractivity (Wildman–Crippen MR) is 153 cm³/mol. The van der Waals surface area contributed by atoms with Gasteiger partial charge < -0.3 is 25.0 Å². The Morgan fingerprint density at radius 3 is 2.09 bits per heavy atom. The van der Waals surface area contributed by atoms with E-state index in [-0.39, 0.29) is 24.3 Å². The summed E-state index contributed by atoms with van der Waals surface area (Å²) in [5, 5.41) is 15.2. The van der Waals surface area contributed by atoms with Gasteiger partial charge >= 0.3 is 5.97 Å². The zero-order valence-electron chi connectivity index (χ0n) is 25.0. The number of rotatable bonds is 14. The Labute approximate surface area is 251 Å². The molecule has 0 saturated carbocycles. The van der Waals surface area contributed by atoms with Crippen molar-refractivity contribution < 1.29 is 46.6 Å². The summed E-state index contributed by atoms with van der Waals surface area (Å²) in [6.07, 6.45) is -0.248. The third-order valence-corrected chi connectivity index (χ3v) is 6.88. The van der Waals surface area contributed by atoms with Gasteiger partial charge in [-0.25, -0.2) is 8.78 Å². The molecule has 44 heavy (non-hydrogen) atoms. The number of para-hydroxylation sites is 1. The molecule has 0 spiro atoms. The molecule has 1 aromatic heterocycles. The number of nitrogens with zero attached hydrogens (tertiary/aromatic N) is 1. The molecule has 0 saturated heterocycles. The summed E-state index contributed by atoms with van der Waals surface area (Å²) in [6.45, 7) is 6.39. The van der Waals surface area contributed by atoms with Crippen molar-refractivity contribution in [3.8, 4) is 5.75 Å². The van der Waals surface area contributed by atoms with Crippen LogP contribution in [0.15, 0.2) is 30.3 Å². The molecular formula is C31H35F4N3O6. The molecule has 2 atom stereocenters. The van der Waals surface area contributed by atoms with Crippen LogP contribution < -0.4 is 15.4 Å². The van der Waals surface area contributed by atoms with Gasteiger partial charge in [-0.1, -0.05) is 45.9 Å². The van der Waals surface area contributed by atoms with Gasteiger partial charge in [0.2, 0.25) is 17.5 Å². The normalized spacial score (nSPS) is 12.8. The minimum absolute atomic E-state index is 0.0418. The summed E-state index contributed by atoms with van der Waals surface area (Å²) in [6, 6.07) is 4.47. The van der Waals surface area contributed by atoms with Crippen LogP contribution in [0.25, 0.3) is 10.9 Å². The fourth-order valence-electron chi connectivity index (χ4n) is 4.92. The van der Waals surface area contributed by atoms with E-state index in [9.17, 15) is 41.8 Å². The van der Waals surface area contributed by atoms with Crippen molar-refractivity contribution in [2.75, 3.05) is 6.61 Å². The first-order valence-electron chi connectivity index (χ1n) is 14.0. The van der Waals surface area contributed by atoms with E-state index in [1.807, 2.05) is 38.1 Å². The second kappa shape index (κ2) is 14.4. The summed E-state index contributed by atoms with van der Waals surface area (Å²) in [5.41, 5.74) is 1.96. The summed E-state index contributed by atoms with van der Waals surface area (Å²) in [7, 11) is 1.73. The van der Waals surface area contributed by atoms with Gasteiger partial charge in [0.1, 0.15) is 24.4 Å². The molecule has 0 radical (unpaired) electrons. The maximum absolute atomic E-state index is 14.0. The van der Waals surface area contributed by atoms with Crippen LogP contribution in [0.5, 0.6) is 5.75 Å². The lowest BCUT2D eigenvalue weighted by Crippen LogP contribution is -2.53. The van der Waals surface area contributed by atoms with Crippen molar-refractivity contribution in [1.82, 2.24) is 15.2 Å². The minimum Gasteiger partial charge on any atom is -0.481 e. The first-order chi connectivity index (χ1) is 20.6. The molecule has 0 bridgehead atoms. The van der Waals surface area contributed by atoms with Gasteiger partial charge in [0.15, 0.2) is 23.2 Å². The topological polar surface area (TPSA) is 127 Å². The highest BCUT2D eigenvalue weighted by Crippen LogP contribution is 2.28. The third kappa shape index (κ3) is 7.94. The van der Waals surface area contributed by atoms with Crippen molar-refractivity contribution in [1.29, 1.82) is 0 Å². The van der Waals surface area contributed by atoms with E-state index in [0.717, 1.165) is 16.5 Å². The van der Waals surface area contributed by atoms with Crippen molar-refractivity contribution in [2.24, 2.45) is 18.9 Å². The number of benzene rings is 2. The number of aryl methyl sites for hydroxylation is 1. The van der Waals surface area contributed by atoms with Crippen LogP contribution in [0.4, 0.5) is 17.6 Å². The third-order valence-electron chi connectivity index (χ3n) is 6.88. The van der Waals surface area contributed by atoms with E-state index in [0.29, 0.717) is 12.1 Å². The molecule has 2 amide bonds. The Morgan fingerprint density at radius 1 is 0.909 bits per heavy atom. The molecule has 3 rings (SSSR count). The largest absolute Gasteiger partial charge is 0.481 e. The zero-order chi connectivity index (χ0) is 32.9. The monoisotopic (exact) mass is 621 g/mol. The molecule has 9 nitrogen and oxygen atoms in total. The number of carboxylic acid groups (broad SMARTS) is 1. The number of amides is 2. The molecule has 0 aliphatic rings. The van der Waals surface area contributed by atoms with E-state index in [4.69, 9.17) is 0 Å². The first-order valence-corrected chi connectivity index (χ1v) is 14.0. The van der Waals surface area contributed by atoms with E-state index in [1.165, 1.54) is 0 Å². The van der Waals surface area contributed by atoms with Crippen LogP contribution >= 0.6 is 0 Å². The Morgan fingerprint density at radius 2 is 1.52 bits per heavy atom. The molecule has 0 fully saturated rings. The summed E-state index contributed by atoms with van der Waals surface area (Å²) < 4.78 is 61.4. The highest BCUT2D eigenvalue weighted by molar-refractivity contribution is 6.04. The first kappa shape index (κ1) is 34.1. The predicted octanol–water partition coefficient (Wildman–Crippen LogP) is 4.69. The van der Waals surface area contributed by atoms with Crippen molar-refractivity contribution in [2.45, 2.75) is 59.0 Å². The average molecular weight is 622 g/mol. The number of fused-ring (bicyclic) bond motifs is 1. The van der Waals surface area contributed by atoms with Crippen LogP contribution in [0, 0.1) is 35.1 Å². The average Bonchev–Trinajstić information content (AvgIpc) is 3.21. The lowest BCUT2D eigenvalue weighted by atomic mass is 9.98. The number of aromatic nitrogens is 1. The van der Waals surface area contributed by atoms with E-state index in [1.54, 1.807) is 25.5 Å². The molecule has 13 heteroatoms. The van der Waals surface area contributed by atoms with Gasteiger partial charge in [0.05, 0.1) is 6.42 Å². The molecule has 2 aromatic carbocycles. The zero-order valence-corrected chi connectivity index (χ0v) is 25.0. The number of nitrogens with one attached hydrogen (secondary N) is 2. The van der Waals surface area contributed by atoms with Gasteiger partial charge in [0.25, 0.3) is 5.91 Å². The Hall–Kier alpha value is -4.42. The van der Waals surface area contributed by atoms with E-state index < -0.39 is 77.7 Å². The maximum atomic E-state index is 14.0. The van der Waals surface area contributed by atoms with Crippen LogP contribution in [0.3, 0.4) is 0 Å². The fraction of sp³-hybridized carbons (Fsp3) is 0.419.